The Labute approximate surface area is 194 Å². The van der Waals surface area contributed by atoms with Crippen LogP contribution in [0.15, 0.2) is 30.6 Å². The van der Waals surface area contributed by atoms with Gasteiger partial charge in [0.2, 0.25) is 0 Å². The van der Waals surface area contributed by atoms with Crippen LogP contribution in [0.1, 0.15) is 24.6 Å². The molecule has 1 aliphatic heterocycles. The van der Waals surface area contributed by atoms with Crippen molar-refractivity contribution < 1.29 is 14.6 Å². The molecule has 10 heteroatoms. The zero-order valence-electron chi connectivity index (χ0n) is 18.8. The van der Waals surface area contributed by atoms with Crippen molar-refractivity contribution >= 4 is 38.9 Å². The zero-order chi connectivity index (χ0) is 23.3. The topological polar surface area (TPSA) is 118 Å². The molecule has 5 rings (SSSR count). The molecule has 0 radical (unpaired) electrons. The molecule has 9 nitrogen and oxygen atoms in total. The van der Waals surface area contributed by atoms with E-state index in [9.17, 15) is 4.79 Å². The number of anilines is 1. The second-order valence-electron chi connectivity index (χ2n) is 8.90. The normalized spacial score (nSPS) is 18.9. The monoisotopic (exact) mass is 466 g/mol. The number of aryl methyl sites for hydroxylation is 1. The summed E-state index contributed by atoms with van der Waals surface area (Å²) in [6.07, 6.45) is 1.22. The molecule has 1 aromatic carbocycles. The standard InChI is InChI=1S/C23H26N6O3S/c1-13-6-14-8-18(33-20(14)17(7-13)32-3)16-9-15(29-19(16)21(24)25-12-26-29)10-28-5-4-23(2,11-28)27-22(30)31/h6-9,12,27H,4-5,10-11H2,1-3H3,(H,30,31)(H2,24,25,26)/t23-/m0/s1. The van der Waals surface area contributed by atoms with E-state index in [1.165, 1.54) is 6.33 Å². The van der Waals surface area contributed by atoms with Gasteiger partial charge in [-0.15, -0.1) is 11.3 Å². The number of rotatable bonds is 5. The summed E-state index contributed by atoms with van der Waals surface area (Å²) in [5, 5.41) is 17.4. The maximum atomic E-state index is 11.2. The van der Waals surface area contributed by atoms with E-state index >= 15 is 0 Å². The maximum Gasteiger partial charge on any atom is 0.405 e. The second-order valence-corrected chi connectivity index (χ2v) is 9.95. The third-order valence-corrected chi connectivity index (χ3v) is 7.41. The summed E-state index contributed by atoms with van der Waals surface area (Å²) >= 11 is 1.66. The number of fused-ring (bicyclic) bond motifs is 2. The van der Waals surface area contributed by atoms with Crippen molar-refractivity contribution in [2.75, 3.05) is 25.9 Å². The minimum Gasteiger partial charge on any atom is -0.495 e. The molecule has 0 spiro atoms. The summed E-state index contributed by atoms with van der Waals surface area (Å²) in [5.74, 6) is 1.28. The van der Waals surface area contributed by atoms with Crippen LogP contribution < -0.4 is 15.8 Å². The Bertz CT molecular complexity index is 1380. The number of carboxylic acid groups (broad SMARTS) is 1. The van der Waals surface area contributed by atoms with Crippen LogP contribution in [0.25, 0.3) is 26.0 Å². The van der Waals surface area contributed by atoms with Gasteiger partial charge in [0, 0.05) is 30.1 Å². The van der Waals surface area contributed by atoms with Crippen molar-refractivity contribution in [2.45, 2.75) is 32.4 Å². The van der Waals surface area contributed by atoms with Crippen LogP contribution in [0.4, 0.5) is 10.6 Å². The third kappa shape index (κ3) is 3.85. The van der Waals surface area contributed by atoms with Crippen molar-refractivity contribution in [1.82, 2.24) is 24.8 Å². The van der Waals surface area contributed by atoms with E-state index in [2.05, 4.69) is 45.4 Å². The van der Waals surface area contributed by atoms with Crippen LogP contribution in [0, 0.1) is 6.92 Å². The predicted molar refractivity (Wildman–Crippen MR) is 129 cm³/mol. The Hall–Kier alpha value is -3.37. The van der Waals surface area contributed by atoms with Gasteiger partial charge < -0.3 is 20.9 Å². The fraction of sp³-hybridized carbons (Fsp3) is 0.348. The number of benzene rings is 1. The van der Waals surface area contributed by atoms with E-state index in [4.69, 9.17) is 15.6 Å². The summed E-state index contributed by atoms with van der Waals surface area (Å²) in [6.45, 7) is 6.04. The van der Waals surface area contributed by atoms with Gasteiger partial charge in [-0.2, -0.15) is 5.10 Å². The fourth-order valence-electron chi connectivity index (χ4n) is 4.76. The molecule has 172 valence electrons. The molecular formula is C23H26N6O3S. The van der Waals surface area contributed by atoms with E-state index in [-0.39, 0.29) is 0 Å². The van der Waals surface area contributed by atoms with Crippen LogP contribution >= 0.6 is 11.3 Å². The van der Waals surface area contributed by atoms with E-state index in [0.717, 1.165) is 56.0 Å². The van der Waals surface area contributed by atoms with E-state index in [0.29, 0.717) is 18.9 Å². The van der Waals surface area contributed by atoms with Gasteiger partial charge in [0.1, 0.15) is 17.6 Å². The highest BCUT2D eigenvalue weighted by molar-refractivity contribution is 7.22. The Morgan fingerprint density at radius 3 is 2.94 bits per heavy atom. The lowest BCUT2D eigenvalue weighted by Crippen LogP contribution is -2.47. The molecule has 4 heterocycles. The van der Waals surface area contributed by atoms with Crippen LogP contribution in [0.2, 0.25) is 0 Å². The second kappa shape index (κ2) is 7.89. The van der Waals surface area contributed by atoms with Crippen molar-refractivity contribution in [1.29, 1.82) is 0 Å². The molecule has 1 aliphatic rings. The molecule has 0 bridgehead atoms. The number of methoxy groups -OCH3 is 1. The molecule has 0 unspecified atom stereocenters. The summed E-state index contributed by atoms with van der Waals surface area (Å²) in [7, 11) is 1.69. The Morgan fingerprint density at radius 1 is 1.36 bits per heavy atom. The van der Waals surface area contributed by atoms with Crippen LogP contribution in [0.3, 0.4) is 0 Å². The van der Waals surface area contributed by atoms with Gasteiger partial charge >= 0.3 is 6.09 Å². The van der Waals surface area contributed by atoms with Crippen LogP contribution in [-0.4, -0.2) is 56.4 Å². The first kappa shape index (κ1) is 21.5. The summed E-state index contributed by atoms with van der Waals surface area (Å²) in [5.41, 5.74) is 9.72. The molecule has 1 atom stereocenters. The van der Waals surface area contributed by atoms with E-state index in [1.807, 2.05) is 17.5 Å². The highest BCUT2D eigenvalue weighted by Crippen LogP contribution is 2.42. The van der Waals surface area contributed by atoms with Crippen molar-refractivity contribution in [2.24, 2.45) is 0 Å². The summed E-state index contributed by atoms with van der Waals surface area (Å²) < 4.78 is 8.55. The number of hydrogen-bond donors (Lipinski definition) is 3. The summed E-state index contributed by atoms with van der Waals surface area (Å²) in [6, 6.07) is 8.46. The quantitative estimate of drug-likeness (QED) is 0.410. The van der Waals surface area contributed by atoms with E-state index < -0.39 is 11.6 Å². The Morgan fingerprint density at radius 2 is 2.18 bits per heavy atom. The van der Waals surface area contributed by atoms with Crippen molar-refractivity contribution in [3.63, 3.8) is 0 Å². The van der Waals surface area contributed by atoms with Gasteiger partial charge in [0.15, 0.2) is 5.82 Å². The zero-order valence-corrected chi connectivity index (χ0v) is 19.6. The van der Waals surface area contributed by atoms with Gasteiger partial charge in [-0.1, -0.05) is 6.07 Å². The van der Waals surface area contributed by atoms with Gasteiger partial charge in [0.05, 0.1) is 23.0 Å². The molecule has 1 fully saturated rings. The summed E-state index contributed by atoms with van der Waals surface area (Å²) in [4.78, 5) is 18.7. The fourth-order valence-corrected chi connectivity index (χ4v) is 5.91. The van der Waals surface area contributed by atoms with Crippen molar-refractivity contribution in [3.8, 4) is 16.2 Å². The lowest BCUT2D eigenvalue weighted by molar-refractivity contribution is 0.179. The van der Waals surface area contributed by atoms with Gasteiger partial charge in [-0.25, -0.2) is 14.3 Å². The first-order valence-electron chi connectivity index (χ1n) is 10.7. The smallest absolute Gasteiger partial charge is 0.405 e. The first-order valence-corrected chi connectivity index (χ1v) is 11.5. The predicted octanol–water partition coefficient (Wildman–Crippen LogP) is 3.74. The largest absolute Gasteiger partial charge is 0.495 e. The number of nitrogens with one attached hydrogen (secondary N) is 1. The van der Waals surface area contributed by atoms with Gasteiger partial charge in [-0.05, 0) is 49.4 Å². The number of thiophene rings is 1. The Kier molecular flexibility index (Phi) is 5.13. The molecule has 1 amide bonds. The lowest BCUT2D eigenvalue weighted by atomic mass is 10.0. The number of likely N-dealkylation sites (tertiary alicyclic amines) is 1. The van der Waals surface area contributed by atoms with Crippen molar-refractivity contribution in [3.05, 3.63) is 41.9 Å². The van der Waals surface area contributed by atoms with Gasteiger partial charge in [-0.3, -0.25) is 4.90 Å². The molecule has 3 aromatic heterocycles. The molecule has 0 saturated carbocycles. The molecule has 33 heavy (non-hydrogen) atoms. The number of ether oxygens (including phenoxy) is 1. The number of nitrogens with two attached hydrogens (primary N) is 1. The molecular weight excluding hydrogens is 440 g/mol. The number of nitrogen functional groups attached to an aromatic ring is 1. The average molecular weight is 467 g/mol. The van der Waals surface area contributed by atoms with Gasteiger partial charge in [0.25, 0.3) is 0 Å². The number of hydrogen-bond acceptors (Lipinski definition) is 7. The lowest BCUT2D eigenvalue weighted by Gasteiger charge is -2.24. The van der Waals surface area contributed by atoms with Crippen LogP contribution in [-0.2, 0) is 6.54 Å². The van der Waals surface area contributed by atoms with E-state index in [1.54, 1.807) is 18.4 Å². The minimum absolute atomic E-state index is 0.422. The number of nitrogens with zero attached hydrogens (tertiary/aromatic N) is 4. The third-order valence-electron chi connectivity index (χ3n) is 6.22. The maximum absolute atomic E-state index is 11.2. The number of aromatic nitrogens is 3. The molecule has 4 N–H and O–H groups in total. The highest BCUT2D eigenvalue weighted by Gasteiger charge is 2.35. The molecule has 4 aromatic rings. The highest BCUT2D eigenvalue weighted by atomic mass is 32.1. The SMILES string of the molecule is COc1cc(C)cc2cc(-c3cc(CN4CC[C@](C)(NC(=O)O)C4)n4ncnc(N)c34)sc12. The average Bonchev–Trinajstić information content (AvgIpc) is 3.43. The number of amides is 1. The molecule has 0 aliphatic carbocycles. The minimum atomic E-state index is -0.995. The Balaban J connectivity index is 1.55. The van der Waals surface area contributed by atoms with Crippen LogP contribution in [0.5, 0.6) is 5.75 Å². The first-order chi connectivity index (χ1) is 15.8. The number of carbonyl (C=O) groups is 1. The molecule has 1 saturated heterocycles.